The molecule has 0 amide bonds. The molecule has 0 saturated heterocycles. The number of carbonyl (C=O) groups is 1. The van der Waals surface area contributed by atoms with Crippen molar-refractivity contribution in [3.05, 3.63) is 35.9 Å². The Hall–Kier alpha value is -1.77. The van der Waals surface area contributed by atoms with E-state index in [0.29, 0.717) is 0 Å². The maximum absolute atomic E-state index is 10.2. The molecule has 3 heteroatoms. The van der Waals surface area contributed by atoms with E-state index in [1.165, 1.54) is 0 Å². The molecule has 0 aliphatic rings. The molecule has 3 nitrogen and oxygen atoms in total. The van der Waals surface area contributed by atoms with Gasteiger partial charge in [0.25, 0.3) is 0 Å². The lowest BCUT2D eigenvalue weighted by Gasteiger charge is -1.99. The Balaban J connectivity index is 2.66. The molecule has 0 aliphatic heterocycles. The van der Waals surface area contributed by atoms with Crippen LogP contribution < -0.4 is 4.74 Å². The van der Waals surface area contributed by atoms with Gasteiger partial charge in [-0.1, -0.05) is 24.3 Å². The lowest BCUT2D eigenvalue weighted by atomic mass is 10.2. The van der Waals surface area contributed by atoms with Crippen molar-refractivity contribution in [2.75, 3.05) is 7.11 Å². The molecule has 1 N–H and O–H groups in total. The van der Waals surface area contributed by atoms with E-state index < -0.39 is 5.97 Å². The summed E-state index contributed by atoms with van der Waals surface area (Å²) >= 11 is 0. The number of methoxy groups -OCH3 is 1. The predicted octanol–water partition coefficient (Wildman–Crippen LogP) is 2.18. The van der Waals surface area contributed by atoms with Crippen LogP contribution in [0.3, 0.4) is 0 Å². The number of carboxylic acids is 1. The third kappa shape index (κ3) is 3.31. The minimum Gasteiger partial charge on any atom is -0.497 e. The van der Waals surface area contributed by atoms with E-state index in [4.69, 9.17) is 9.84 Å². The van der Waals surface area contributed by atoms with Crippen molar-refractivity contribution in [2.24, 2.45) is 0 Å². The number of ether oxygens (including phenoxy) is 1. The summed E-state index contributed by atoms with van der Waals surface area (Å²) in [6.45, 7) is 0. The van der Waals surface area contributed by atoms with Gasteiger partial charge in [-0.25, -0.2) is 0 Å². The monoisotopic (exact) mass is 192 g/mol. The van der Waals surface area contributed by atoms with Crippen molar-refractivity contribution in [2.45, 2.75) is 6.42 Å². The Morgan fingerprint density at radius 1 is 1.57 bits per heavy atom. The van der Waals surface area contributed by atoms with E-state index in [-0.39, 0.29) is 6.42 Å². The van der Waals surface area contributed by atoms with E-state index in [2.05, 4.69) is 0 Å². The van der Waals surface area contributed by atoms with Crippen LogP contribution in [-0.4, -0.2) is 18.2 Å². The Kier molecular flexibility index (Phi) is 3.73. The highest BCUT2D eigenvalue weighted by Crippen LogP contribution is 2.13. The van der Waals surface area contributed by atoms with Gasteiger partial charge in [0.15, 0.2) is 0 Å². The molecule has 74 valence electrons. The number of hydrogen-bond donors (Lipinski definition) is 1. The van der Waals surface area contributed by atoms with Crippen LogP contribution in [0.1, 0.15) is 12.0 Å². The van der Waals surface area contributed by atoms with E-state index in [1.807, 2.05) is 24.3 Å². The minimum atomic E-state index is -0.829. The van der Waals surface area contributed by atoms with Gasteiger partial charge in [0, 0.05) is 0 Å². The molecule has 1 aromatic rings. The van der Waals surface area contributed by atoms with Gasteiger partial charge in [-0.2, -0.15) is 0 Å². The molecule has 0 fully saturated rings. The van der Waals surface area contributed by atoms with Crippen molar-refractivity contribution < 1.29 is 14.6 Å². The van der Waals surface area contributed by atoms with Gasteiger partial charge in [0.1, 0.15) is 5.75 Å². The third-order valence-corrected chi connectivity index (χ3v) is 1.70. The highest BCUT2D eigenvalue weighted by atomic mass is 16.5. The molecule has 1 rings (SSSR count). The summed E-state index contributed by atoms with van der Waals surface area (Å²) in [5.74, 6) is -0.0633. The van der Waals surface area contributed by atoms with Crippen molar-refractivity contribution in [1.82, 2.24) is 0 Å². The Morgan fingerprint density at radius 2 is 2.36 bits per heavy atom. The summed E-state index contributed by atoms with van der Waals surface area (Å²) in [5, 5.41) is 8.42. The zero-order valence-corrected chi connectivity index (χ0v) is 7.93. The molecule has 14 heavy (non-hydrogen) atoms. The molecular weight excluding hydrogens is 180 g/mol. The third-order valence-electron chi connectivity index (χ3n) is 1.70. The molecule has 0 unspecified atom stereocenters. The first-order valence-corrected chi connectivity index (χ1v) is 4.25. The fourth-order valence-corrected chi connectivity index (χ4v) is 1.04. The van der Waals surface area contributed by atoms with Gasteiger partial charge in [0.05, 0.1) is 13.5 Å². The highest BCUT2D eigenvalue weighted by molar-refractivity contribution is 5.70. The molecule has 0 atom stereocenters. The number of hydrogen-bond acceptors (Lipinski definition) is 2. The van der Waals surface area contributed by atoms with Crippen LogP contribution in [0.25, 0.3) is 6.08 Å². The van der Waals surface area contributed by atoms with Gasteiger partial charge >= 0.3 is 5.97 Å². The second-order valence-corrected chi connectivity index (χ2v) is 2.78. The van der Waals surface area contributed by atoms with E-state index in [1.54, 1.807) is 19.3 Å². The molecule has 1 aromatic carbocycles. The molecule has 0 aromatic heterocycles. The fraction of sp³-hybridized carbons (Fsp3) is 0.182. The average molecular weight is 192 g/mol. The Morgan fingerprint density at radius 3 is 3.00 bits per heavy atom. The first-order valence-electron chi connectivity index (χ1n) is 4.25. The molecule has 0 heterocycles. The lowest BCUT2D eigenvalue weighted by Crippen LogP contribution is -1.89. The summed E-state index contributed by atoms with van der Waals surface area (Å²) in [4.78, 5) is 10.2. The van der Waals surface area contributed by atoms with Crippen LogP contribution >= 0.6 is 0 Å². The van der Waals surface area contributed by atoms with E-state index >= 15 is 0 Å². The first-order chi connectivity index (χ1) is 6.72. The molecule has 0 aliphatic carbocycles. The summed E-state index contributed by atoms with van der Waals surface area (Å²) in [6.07, 6.45) is 3.41. The van der Waals surface area contributed by atoms with Crippen LogP contribution in [0, 0.1) is 0 Å². The lowest BCUT2D eigenvalue weighted by molar-refractivity contribution is -0.135. The average Bonchev–Trinajstić information content (AvgIpc) is 2.18. The Labute approximate surface area is 82.6 Å². The largest absolute Gasteiger partial charge is 0.497 e. The molecule has 0 bridgehead atoms. The molecule has 0 spiro atoms. The van der Waals surface area contributed by atoms with Crippen LogP contribution in [0.5, 0.6) is 5.75 Å². The topological polar surface area (TPSA) is 46.5 Å². The summed E-state index contributed by atoms with van der Waals surface area (Å²) < 4.78 is 5.03. The fourth-order valence-electron chi connectivity index (χ4n) is 1.04. The zero-order valence-electron chi connectivity index (χ0n) is 7.93. The van der Waals surface area contributed by atoms with Gasteiger partial charge in [0.2, 0.25) is 0 Å². The number of aliphatic carboxylic acids is 1. The van der Waals surface area contributed by atoms with Gasteiger partial charge in [-0.05, 0) is 17.7 Å². The standard InChI is InChI=1S/C11H12O3/c1-14-10-6-2-4-9(8-10)5-3-7-11(12)13/h2-6,8H,7H2,1H3,(H,12,13). The highest BCUT2D eigenvalue weighted by Gasteiger charge is 1.92. The summed E-state index contributed by atoms with van der Waals surface area (Å²) in [7, 11) is 1.60. The number of carboxylic acid groups (broad SMARTS) is 1. The first kappa shape index (κ1) is 10.3. The van der Waals surface area contributed by atoms with Crippen molar-refractivity contribution in [1.29, 1.82) is 0 Å². The minimum absolute atomic E-state index is 0.0389. The summed E-state index contributed by atoms with van der Waals surface area (Å²) in [5.41, 5.74) is 0.936. The molecule has 0 radical (unpaired) electrons. The van der Waals surface area contributed by atoms with E-state index in [0.717, 1.165) is 11.3 Å². The quantitative estimate of drug-likeness (QED) is 0.795. The van der Waals surface area contributed by atoms with Gasteiger partial charge < -0.3 is 9.84 Å². The van der Waals surface area contributed by atoms with Crippen molar-refractivity contribution >= 4 is 12.0 Å². The van der Waals surface area contributed by atoms with Crippen molar-refractivity contribution in [3.63, 3.8) is 0 Å². The summed E-state index contributed by atoms with van der Waals surface area (Å²) in [6, 6.07) is 7.44. The number of benzene rings is 1. The zero-order chi connectivity index (χ0) is 10.4. The molecular formula is C11H12O3. The Bertz CT molecular complexity index is 342. The van der Waals surface area contributed by atoms with Gasteiger partial charge in [-0.15, -0.1) is 0 Å². The van der Waals surface area contributed by atoms with Crippen LogP contribution in [-0.2, 0) is 4.79 Å². The van der Waals surface area contributed by atoms with Gasteiger partial charge in [-0.3, -0.25) is 4.79 Å². The van der Waals surface area contributed by atoms with Crippen molar-refractivity contribution in [3.8, 4) is 5.75 Å². The molecule has 0 saturated carbocycles. The SMILES string of the molecule is COc1cccc(C=CCC(=O)O)c1. The van der Waals surface area contributed by atoms with Crippen LogP contribution in [0.15, 0.2) is 30.3 Å². The number of rotatable bonds is 4. The second-order valence-electron chi connectivity index (χ2n) is 2.78. The second kappa shape index (κ2) is 5.07. The van der Waals surface area contributed by atoms with Crippen LogP contribution in [0.2, 0.25) is 0 Å². The van der Waals surface area contributed by atoms with Crippen LogP contribution in [0.4, 0.5) is 0 Å². The maximum atomic E-state index is 10.2. The maximum Gasteiger partial charge on any atom is 0.307 e. The van der Waals surface area contributed by atoms with E-state index in [9.17, 15) is 4.79 Å². The predicted molar refractivity (Wildman–Crippen MR) is 54.3 cm³/mol. The normalized spacial score (nSPS) is 10.4. The smallest absolute Gasteiger partial charge is 0.307 e.